The number of ether oxygens (including phenoxy) is 1. The largest absolute Gasteiger partial charge is 0.379 e. The number of halogens is 1. The standard InChI is InChI=1S/C19H19IN2O4S/c20-16-3-1-14(2-4-16)19(23)22-8-7-15-13-17(5-6-18(15)22)27(24,25)21-9-11-26-12-10-21/h1-6,13H,7-12H2. The first-order valence-corrected chi connectivity index (χ1v) is 11.3. The van der Waals surface area contributed by atoms with Crippen LogP contribution in [0.5, 0.6) is 0 Å². The Morgan fingerprint density at radius 3 is 2.41 bits per heavy atom. The maximum absolute atomic E-state index is 12.8. The molecule has 0 spiro atoms. The fourth-order valence-electron chi connectivity index (χ4n) is 3.43. The molecule has 0 aromatic heterocycles. The molecule has 2 aliphatic heterocycles. The van der Waals surface area contributed by atoms with Gasteiger partial charge in [0.2, 0.25) is 10.0 Å². The number of carbonyl (C=O) groups is 1. The van der Waals surface area contributed by atoms with Gasteiger partial charge in [-0.05, 0) is 77.0 Å². The van der Waals surface area contributed by atoms with Crippen molar-refractivity contribution in [2.45, 2.75) is 11.3 Å². The highest BCUT2D eigenvalue weighted by molar-refractivity contribution is 14.1. The minimum absolute atomic E-state index is 0.0612. The summed E-state index contributed by atoms with van der Waals surface area (Å²) in [6.07, 6.45) is 0.651. The molecule has 0 N–H and O–H groups in total. The van der Waals surface area contributed by atoms with Crippen molar-refractivity contribution < 1.29 is 17.9 Å². The molecule has 2 heterocycles. The van der Waals surface area contributed by atoms with Gasteiger partial charge in [-0.15, -0.1) is 0 Å². The summed E-state index contributed by atoms with van der Waals surface area (Å²) < 4.78 is 33.5. The van der Waals surface area contributed by atoms with Gasteiger partial charge in [0.1, 0.15) is 0 Å². The lowest BCUT2D eigenvalue weighted by atomic mass is 10.1. The van der Waals surface area contributed by atoms with Crippen LogP contribution in [0.4, 0.5) is 5.69 Å². The van der Waals surface area contributed by atoms with Crippen LogP contribution in [0.25, 0.3) is 0 Å². The van der Waals surface area contributed by atoms with E-state index in [0.717, 1.165) is 14.8 Å². The van der Waals surface area contributed by atoms with Gasteiger partial charge in [-0.1, -0.05) is 0 Å². The summed E-state index contributed by atoms with van der Waals surface area (Å²) in [6.45, 7) is 2.14. The van der Waals surface area contributed by atoms with Crippen LogP contribution in [-0.2, 0) is 21.2 Å². The van der Waals surface area contributed by atoms with E-state index >= 15 is 0 Å². The van der Waals surface area contributed by atoms with Crippen LogP contribution in [0, 0.1) is 3.57 Å². The fourth-order valence-corrected chi connectivity index (χ4v) is 5.25. The molecule has 1 amide bonds. The topological polar surface area (TPSA) is 66.9 Å². The van der Waals surface area contributed by atoms with E-state index in [2.05, 4.69) is 22.6 Å². The molecule has 0 unspecified atom stereocenters. The van der Waals surface area contributed by atoms with E-state index in [1.54, 1.807) is 23.1 Å². The van der Waals surface area contributed by atoms with Crippen molar-refractivity contribution in [3.05, 3.63) is 57.2 Å². The normalized spacial score (nSPS) is 17.7. The highest BCUT2D eigenvalue weighted by Crippen LogP contribution is 2.32. The summed E-state index contributed by atoms with van der Waals surface area (Å²) in [7, 11) is -3.53. The maximum Gasteiger partial charge on any atom is 0.258 e. The molecule has 0 saturated carbocycles. The van der Waals surface area contributed by atoms with E-state index in [1.165, 1.54) is 4.31 Å². The first kappa shape index (κ1) is 18.9. The van der Waals surface area contributed by atoms with Gasteiger partial charge in [-0.2, -0.15) is 4.31 Å². The van der Waals surface area contributed by atoms with Crippen molar-refractivity contribution in [1.82, 2.24) is 4.31 Å². The summed E-state index contributed by atoms with van der Waals surface area (Å²) in [5, 5.41) is 0. The van der Waals surface area contributed by atoms with Crippen molar-refractivity contribution in [2.75, 3.05) is 37.7 Å². The summed E-state index contributed by atoms with van der Waals surface area (Å²) in [5.41, 5.74) is 2.32. The molecule has 1 fully saturated rings. The van der Waals surface area contributed by atoms with E-state index < -0.39 is 10.0 Å². The summed E-state index contributed by atoms with van der Waals surface area (Å²) >= 11 is 2.20. The summed E-state index contributed by atoms with van der Waals surface area (Å²) in [6, 6.07) is 12.5. The third kappa shape index (κ3) is 3.63. The minimum Gasteiger partial charge on any atom is -0.379 e. The zero-order valence-electron chi connectivity index (χ0n) is 14.6. The van der Waals surface area contributed by atoms with Gasteiger partial charge in [-0.25, -0.2) is 8.42 Å². The van der Waals surface area contributed by atoms with E-state index in [9.17, 15) is 13.2 Å². The number of amides is 1. The third-order valence-corrected chi connectivity index (χ3v) is 7.50. The summed E-state index contributed by atoms with van der Waals surface area (Å²) in [4.78, 5) is 14.8. The predicted octanol–water partition coefficient (Wildman–Crippen LogP) is 2.52. The average molecular weight is 498 g/mol. The van der Waals surface area contributed by atoms with Gasteiger partial charge in [0, 0.05) is 34.5 Å². The van der Waals surface area contributed by atoms with Crippen LogP contribution in [0.15, 0.2) is 47.4 Å². The van der Waals surface area contributed by atoms with Crippen LogP contribution in [0.3, 0.4) is 0 Å². The molecule has 0 aliphatic carbocycles. The lowest BCUT2D eigenvalue weighted by Gasteiger charge is -2.26. The average Bonchev–Trinajstić information content (AvgIpc) is 3.12. The highest BCUT2D eigenvalue weighted by Gasteiger charge is 2.30. The Balaban J connectivity index is 1.60. The number of anilines is 1. The van der Waals surface area contributed by atoms with Gasteiger partial charge in [0.15, 0.2) is 0 Å². The minimum atomic E-state index is -3.53. The Morgan fingerprint density at radius 1 is 1.00 bits per heavy atom. The predicted molar refractivity (Wildman–Crippen MR) is 111 cm³/mol. The molecule has 0 radical (unpaired) electrons. The maximum atomic E-state index is 12.8. The van der Waals surface area contributed by atoms with Crippen LogP contribution >= 0.6 is 22.6 Å². The van der Waals surface area contributed by atoms with Crippen LogP contribution < -0.4 is 4.90 Å². The van der Waals surface area contributed by atoms with Crippen LogP contribution in [-0.4, -0.2) is 51.5 Å². The number of nitrogens with zero attached hydrogens (tertiary/aromatic N) is 2. The third-order valence-electron chi connectivity index (χ3n) is 4.89. The number of sulfonamides is 1. The SMILES string of the molecule is O=C(c1ccc(I)cc1)N1CCc2cc(S(=O)(=O)N3CCOCC3)ccc21. The number of carbonyl (C=O) groups excluding carboxylic acids is 1. The van der Waals surface area contributed by atoms with E-state index in [1.807, 2.05) is 24.3 Å². The van der Waals surface area contributed by atoms with Gasteiger partial charge in [-0.3, -0.25) is 4.79 Å². The number of benzene rings is 2. The van der Waals surface area contributed by atoms with Crippen molar-refractivity contribution in [2.24, 2.45) is 0 Å². The van der Waals surface area contributed by atoms with Gasteiger partial charge in [0.25, 0.3) is 5.91 Å². The molecule has 1 saturated heterocycles. The quantitative estimate of drug-likeness (QED) is 0.611. The van der Waals surface area contributed by atoms with Gasteiger partial charge in [0.05, 0.1) is 18.1 Å². The molecular formula is C19H19IN2O4S. The molecule has 142 valence electrons. The Labute approximate surface area is 172 Å². The molecule has 0 bridgehead atoms. The first-order valence-electron chi connectivity index (χ1n) is 8.75. The lowest BCUT2D eigenvalue weighted by molar-refractivity contribution is 0.0730. The second-order valence-corrected chi connectivity index (χ2v) is 9.70. The Kier molecular flexibility index (Phi) is 5.23. The zero-order chi connectivity index (χ0) is 19.0. The second-order valence-electron chi connectivity index (χ2n) is 6.52. The number of fused-ring (bicyclic) bond motifs is 1. The molecule has 6 nitrogen and oxygen atoms in total. The second kappa shape index (κ2) is 7.50. The lowest BCUT2D eigenvalue weighted by Crippen LogP contribution is -2.40. The monoisotopic (exact) mass is 498 g/mol. The zero-order valence-corrected chi connectivity index (χ0v) is 17.6. The van der Waals surface area contributed by atoms with Gasteiger partial charge < -0.3 is 9.64 Å². The molecule has 0 atom stereocenters. The first-order chi connectivity index (χ1) is 13.0. The summed E-state index contributed by atoms with van der Waals surface area (Å²) in [5.74, 6) is -0.0612. The van der Waals surface area contributed by atoms with Gasteiger partial charge >= 0.3 is 0 Å². The number of hydrogen-bond acceptors (Lipinski definition) is 4. The molecule has 4 rings (SSSR count). The Morgan fingerprint density at radius 2 is 1.70 bits per heavy atom. The number of rotatable bonds is 3. The van der Waals surface area contributed by atoms with Crippen LogP contribution in [0.2, 0.25) is 0 Å². The smallest absolute Gasteiger partial charge is 0.258 e. The highest BCUT2D eigenvalue weighted by atomic mass is 127. The van der Waals surface area contributed by atoms with Crippen molar-refractivity contribution >= 4 is 44.2 Å². The number of morpholine rings is 1. The van der Waals surface area contributed by atoms with Crippen molar-refractivity contribution in [1.29, 1.82) is 0 Å². The molecule has 27 heavy (non-hydrogen) atoms. The number of hydrogen-bond donors (Lipinski definition) is 0. The molecule has 8 heteroatoms. The van der Waals surface area contributed by atoms with E-state index in [-0.39, 0.29) is 10.8 Å². The molecular weight excluding hydrogens is 479 g/mol. The van der Waals surface area contributed by atoms with Crippen molar-refractivity contribution in [3.8, 4) is 0 Å². The molecule has 2 aromatic rings. The van der Waals surface area contributed by atoms with Crippen LogP contribution in [0.1, 0.15) is 15.9 Å². The fraction of sp³-hybridized carbons (Fsp3) is 0.316. The van der Waals surface area contributed by atoms with E-state index in [0.29, 0.717) is 44.8 Å². The molecule has 2 aliphatic rings. The molecule has 2 aromatic carbocycles. The Bertz CT molecular complexity index is 970. The Hall–Kier alpha value is -1.49. The van der Waals surface area contributed by atoms with E-state index in [4.69, 9.17) is 4.74 Å². The van der Waals surface area contributed by atoms with Crippen molar-refractivity contribution in [3.63, 3.8) is 0 Å².